The van der Waals surface area contributed by atoms with Crippen molar-refractivity contribution in [1.82, 2.24) is 9.97 Å². The Labute approximate surface area is 209 Å². The molecule has 0 fully saturated rings. The normalized spacial score (nSPS) is 10.8. The fourth-order valence-corrected chi connectivity index (χ4v) is 5.57. The molecular formula is C26H15ClN2PtS2. The third-order valence-corrected chi connectivity index (χ3v) is 7.25. The zero-order chi connectivity index (χ0) is 21.9. The number of nitrogens with zero attached hydrogens (tertiary/aromatic N) is 2. The number of hydrogen-bond donors (Lipinski definition) is 0. The second kappa shape index (κ2) is 9.64. The second-order valence-corrected chi connectivity index (χ2v) is 9.15. The van der Waals surface area contributed by atoms with Gasteiger partial charge in [-0.1, -0.05) is 48.5 Å². The van der Waals surface area contributed by atoms with Crippen LogP contribution in [0.25, 0.3) is 52.7 Å². The van der Waals surface area contributed by atoms with Crippen molar-refractivity contribution >= 4 is 52.3 Å². The van der Waals surface area contributed by atoms with E-state index in [0.29, 0.717) is 0 Å². The van der Waals surface area contributed by atoms with Crippen molar-refractivity contribution in [3.8, 4) is 32.5 Å². The second-order valence-electron chi connectivity index (χ2n) is 7.02. The monoisotopic (exact) mass is 649 g/mol. The Bertz CT molecular complexity index is 1340. The quantitative estimate of drug-likeness (QED) is 0.180. The SMILES string of the molecule is [Cl][Pt+].[c-]1c(-c2cccc(-c3cccc(-c4cc5ccccc5s4)n3)n2)sc2ccccc12. The number of thiophene rings is 2. The molecule has 32 heavy (non-hydrogen) atoms. The minimum Gasteiger partial charge on any atom is -0.293 e. The van der Waals surface area contributed by atoms with Crippen LogP contribution >= 0.6 is 32.1 Å². The summed E-state index contributed by atoms with van der Waals surface area (Å²) in [5, 5.41) is 2.39. The molecule has 2 nitrogen and oxygen atoms in total. The van der Waals surface area contributed by atoms with Gasteiger partial charge in [-0.25, -0.2) is 16.3 Å². The Morgan fingerprint density at radius 3 is 2.00 bits per heavy atom. The molecule has 4 heterocycles. The van der Waals surface area contributed by atoms with Gasteiger partial charge in [0.25, 0.3) is 0 Å². The minimum atomic E-state index is 0.876. The van der Waals surface area contributed by atoms with E-state index in [9.17, 15) is 0 Å². The predicted octanol–water partition coefficient (Wildman–Crippen LogP) is 8.39. The van der Waals surface area contributed by atoms with E-state index in [-0.39, 0.29) is 0 Å². The number of benzene rings is 2. The number of fused-ring (bicyclic) bond motifs is 2. The molecule has 4 aromatic heterocycles. The maximum Gasteiger partial charge on any atom is 0.0884 e. The van der Waals surface area contributed by atoms with Crippen LogP contribution in [0, 0.1) is 6.07 Å². The molecule has 0 aliphatic heterocycles. The fourth-order valence-electron chi connectivity index (χ4n) is 3.56. The van der Waals surface area contributed by atoms with E-state index in [1.165, 1.54) is 19.7 Å². The molecule has 158 valence electrons. The number of halogens is 1. The molecule has 0 bridgehead atoms. The number of aromatic nitrogens is 2. The molecule has 2 aromatic carbocycles. The molecule has 0 atom stereocenters. The van der Waals surface area contributed by atoms with Crippen molar-refractivity contribution in [2.45, 2.75) is 0 Å². The first kappa shape index (κ1) is 21.5. The van der Waals surface area contributed by atoms with Crippen LogP contribution in [0.1, 0.15) is 0 Å². The van der Waals surface area contributed by atoms with Gasteiger partial charge in [0.05, 0.1) is 22.0 Å². The van der Waals surface area contributed by atoms with Gasteiger partial charge in [-0.3, -0.25) is 4.98 Å². The van der Waals surface area contributed by atoms with Crippen LogP contribution in [-0.2, 0) is 18.8 Å². The van der Waals surface area contributed by atoms with Gasteiger partial charge >= 0.3 is 28.2 Å². The Morgan fingerprint density at radius 2 is 1.25 bits per heavy atom. The Balaban J connectivity index is 0.00000105. The summed E-state index contributed by atoms with van der Waals surface area (Å²) < 4.78 is 2.50. The van der Waals surface area contributed by atoms with Gasteiger partial charge in [0, 0.05) is 10.4 Å². The topological polar surface area (TPSA) is 25.8 Å². The van der Waals surface area contributed by atoms with Crippen molar-refractivity contribution in [2.75, 3.05) is 0 Å². The van der Waals surface area contributed by atoms with E-state index in [2.05, 4.69) is 76.1 Å². The summed E-state index contributed by atoms with van der Waals surface area (Å²) in [6, 6.07) is 34.7. The first-order valence-electron chi connectivity index (χ1n) is 9.80. The van der Waals surface area contributed by atoms with Gasteiger partial charge in [0.2, 0.25) is 0 Å². The van der Waals surface area contributed by atoms with E-state index in [1.807, 2.05) is 30.3 Å². The summed E-state index contributed by atoms with van der Waals surface area (Å²) in [5.74, 6) is 0. The molecule has 0 aliphatic carbocycles. The van der Waals surface area contributed by atoms with Crippen LogP contribution in [0.2, 0.25) is 0 Å². The van der Waals surface area contributed by atoms with E-state index in [4.69, 9.17) is 9.97 Å². The van der Waals surface area contributed by atoms with Crippen LogP contribution in [0.4, 0.5) is 0 Å². The van der Waals surface area contributed by atoms with Gasteiger partial charge < -0.3 is 0 Å². The van der Waals surface area contributed by atoms with Crippen LogP contribution in [0.3, 0.4) is 0 Å². The third-order valence-electron chi connectivity index (χ3n) is 5.02. The molecule has 6 heteroatoms. The summed E-state index contributed by atoms with van der Waals surface area (Å²) in [5.41, 5.74) is 3.67. The maximum absolute atomic E-state index is 4.93. The predicted molar refractivity (Wildman–Crippen MR) is 134 cm³/mol. The molecule has 0 N–H and O–H groups in total. The Hall–Kier alpha value is -2.36. The van der Waals surface area contributed by atoms with Crippen LogP contribution in [0.15, 0.2) is 91.0 Å². The summed E-state index contributed by atoms with van der Waals surface area (Å²) >= 11 is 5.10. The third kappa shape index (κ3) is 4.29. The summed E-state index contributed by atoms with van der Waals surface area (Å²) in [6.07, 6.45) is 0. The van der Waals surface area contributed by atoms with Gasteiger partial charge in [-0.15, -0.1) is 34.9 Å². The van der Waals surface area contributed by atoms with Crippen molar-refractivity contribution in [3.05, 3.63) is 97.1 Å². The summed E-state index contributed by atoms with van der Waals surface area (Å²) in [6.45, 7) is 0. The Kier molecular flexibility index (Phi) is 6.47. The summed E-state index contributed by atoms with van der Waals surface area (Å²) in [4.78, 5) is 12.1. The van der Waals surface area contributed by atoms with Gasteiger partial charge in [-0.2, -0.15) is 0 Å². The number of pyridine rings is 2. The summed E-state index contributed by atoms with van der Waals surface area (Å²) in [7, 11) is 4.61. The maximum atomic E-state index is 4.93. The van der Waals surface area contributed by atoms with Crippen molar-refractivity contribution in [2.24, 2.45) is 0 Å². The fraction of sp³-hybridized carbons (Fsp3) is 0. The first-order chi connectivity index (χ1) is 15.8. The average Bonchev–Trinajstić information content (AvgIpc) is 3.50. The molecule has 0 radical (unpaired) electrons. The van der Waals surface area contributed by atoms with Crippen LogP contribution in [0.5, 0.6) is 0 Å². The van der Waals surface area contributed by atoms with E-state index < -0.39 is 0 Å². The van der Waals surface area contributed by atoms with E-state index in [1.54, 1.807) is 41.4 Å². The van der Waals surface area contributed by atoms with Gasteiger partial charge in [0.15, 0.2) is 0 Å². The smallest absolute Gasteiger partial charge is 0.0884 e. The van der Waals surface area contributed by atoms with E-state index >= 15 is 0 Å². The largest absolute Gasteiger partial charge is 0.293 e. The first-order valence-corrected chi connectivity index (χ1v) is 14.2. The van der Waals surface area contributed by atoms with Gasteiger partial charge in [-0.05, 0) is 45.3 Å². The zero-order valence-electron chi connectivity index (χ0n) is 16.6. The van der Waals surface area contributed by atoms with Crippen LogP contribution in [-0.4, -0.2) is 9.97 Å². The molecule has 0 aliphatic rings. The molecule has 0 amide bonds. The molecule has 0 saturated carbocycles. The number of rotatable bonds is 3. The molecule has 0 spiro atoms. The number of hydrogen-bond acceptors (Lipinski definition) is 4. The standard InChI is InChI=1S/C26H15N2S2.ClH.Pt/c1-3-13-23-17(7-1)15-25(29-23)21-11-5-9-19(27-21)20-10-6-12-22(28-20)26-16-18-8-2-4-14-24(18)30-26;;/h1-15H;1H;/q-1;;+2/p-1. The molecular weight excluding hydrogens is 635 g/mol. The van der Waals surface area contributed by atoms with Crippen molar-refractivity contribution in [1.29, 1.82) is 0 Å². The van der Waals surface area contributed by atoms with Crippen LogP contribution < -0.4 is 0 Å². The molecule has 0 saturated heterocycles. The zero-order valence-corrected chi connectivity index (χ0v) is 21.2. The van der Waals surface area contributed by atoms with Gasteiger partial charge in [0.1, 0.15) is 0 Å². The molecule has 6 aromatic rings. The Morgan fingerprint density at radius 1 is 0.625 bits per heavy atom. The average molecular weight is 650 g/mol. The van der Waals surface area contributed by atoms with E-state index in [0.717, 1.165) is 33.0 Å². The van der Waals surface area contributed by atoms with Crippen molar-refractivity contribution in [3.63, 3.8) is 0 Å². The molecule has 6 rings (SSSR count). The van der Waals surface area contributed by atoms with Crippen molar-refractivity contribution < 1.29 is 18.8 Å². The minimum absolute atomic E-state index is 0.876. The molecule has 0 unspecified atom stereocenters.